The van der Waals surface area contributed by atoms with E-state index in [1.807, 2.05) is 30.1 Å². The molecule has 0 saturated heterocycles. The number of likely N-dealkylation sites (N-methyl/N-ethyl adjacent to an activating group) is 1. The van der Waals surface area contributed by atoms with Gasteiger partial charge in [0.2, 0.25) is 6.79 Å². The van der Waals surface area contributed by atoms with Gasteiger partial charge in [-0.15, -0.1) is 0 Å². The van der Waals surface area contributed by atoms with Gasteiger partial charge in [0.05, 0.1) is 6.54 Å². The first kappa shape index (κ1) is 8.87. The Bertz CT molecular complexity index is 351. The maximum Gasteiger partial charge on any atom is 0.231 e. The number of benzene rings is 1. The zero-order valence-electron chi connectivity index (χ0n) is 7.90. The molecule has 0 fully saturated rings. The monoisotopic (exact) mass is 193 g/mol. The molecule has 74 valence electrons. The lowest BCUT2D eigenvalue weighted by Gasteiger charge is -2.15. The molecule has 0 aliphatic carbocycles. The highest BCUT2D eigenvalue weighted by atomic mass is 16.7. The summed E-state index contributed by atoms with van der Waals surface area (Å²) in [6.07, 6.45) is 0.866. The third kappa shape index (κ3) is 1.51. The minimum atomic E-state index is 0.274. The van der Waals surface area contributed by atoms with Crippen LogP contribution in [0.4, 0.5) is 5.69 Å². The van der Waals surface area contributed by atoms with E-state index < -0.39 is 0 Å². The van der Waals surface area contributed by atoms with E-state index in [2.05, 4.69) is 0 Å². The highest BCUT2D eigenvalue weighted by Crippen LogP contribution is 2.34. The largest absolute Gasteiger partial charge is 0.454 e. The average Bonchev–Trinajstić information content (AvgIpc) is 2.64. The van der Waals surface area contributed by atoms with Gasteiger partial charge in [-0.1, -0.05) is 0 Å². The summed E-state index contributed by atoms with van der Waals surface area (Å²) >= 11 is 0. The Balaban J connectivity index is 2.23. The van der Waals surface area contributed by atoms with Crippen LogP contribution in [0, 0.1) is 0 Å². The van der Waals surface area contributed by atoms with Gasteiger partial charge in [-0.2, -0.15) is 0 Å². The lowest BCUT2D eigenvalue weighted by Crippen LogP contribution is -2.18. The highest BCUT2D eigenvalue weighted by molar-refractivity contribution is 5.63. The van der Waals surface area contributed by atoms with Gasteiger partial charge in [-0.05, 0) is 12.1 Å². The van der Waals surface area contributed by atoms with Crippen LogP contribution >= 0.6 is 0 Å². The molecule has 2 rings (SSSR count). The first-order valence-corrected chi connectivity index (χ1v) is 4.35. The molecule has 0 saturated carbocycles. The second-order valence-electron chi connectivity index (χ2n) is 3.08. The maximum absolute atomic E-state index is 10.3. The molecule has 4 nitrogen and oxygen atoms in total. The van der Waals surface area contributed by atoms with Crippen LogP contribution in [0.15, 0.2) is 18.2 Å². The molecule has 0 aromatic heterocycles. The molecule has 0 amide bonds. The van der Waals surface area contributed by atoms with Crippen molar-refractivity contribution in [2.75, 3.05) is 25.3 Å². The molecule has 0 bridgehead atoms. The van der Waals surface area contributed by atoms with Gasteiger partial charge in [0.25, 0.3) is 0 Å². The standard InChI is InChI=1S/C10H11NO3/c1-11(4-5-12)8-2-3-9-10(6-8)14-7-13-9/h2-3,5-6H,4,7H2,1H3. The highest BCUT2D eigenvalue weighted by Gasteiger charge is 2.14. The minimum absolute atomic E-state index is 0.274. The number of aldehydes is 1. The molecule has 4 heteroatoms. The Morgan fingerprint density at radius 3 is 3.00 bits per heavy atom. The molecule has 1 aromatic rings. The van der Waals surface area contributed by atoms with Crippen LogP contribution in [0.3, 0.4) is 0 Å². The van der Waals surface area contributed by atoms with Gasteiger partial charge in [0.15, 0.2) is 11.5 Å². The quantitative estimate of drug-likeness (QED) is 0.672. The fourth-order valence-corrected chi connectivity index (χ4v) is 1.34. The van der Waals surface area contributed by atoms with Crippen LogP contribution in [0.25, 0.3) is 0 Å². The molecular weight excluding hydrogens is 182 g/mol. The predicted octanol–water partition coefficient (Wildman–Crippen LogP) is 1.05. The topological polar surface area (TPSA) is 38.8 Å². The third-order valence-corrected chi connectivity index (χ3v) is 2.15. The van der Waals surface area contributed by atoms with Crippen molar-refractivity contribution in [3.05, 3.63) is 18.2 Å². The fourth-order valence-electron chi connectivity index (χ4n) is 1.34. The second-order valence-corrected chi connectivity index (χ2v) is 3.08. The van der Waals surface area contributed by atoms with Crippen molar-refractivity contribution in [3.63, 3.8) is 0 Å². The van der Waals surface area contributed by atoms with Crippen LogP contribution < -0.4 is 14.4 Å². The molecule has 0 unspecified atom stereocenters. The average molecular weight is 193 g/mol. The maximum atomic E-state index is 10.3. The Hall–Kier alpha value is -1.71. The van der Waals surface area contributed by atoms with Crippen molar-refractivity contribution >= 4 is 12.0 Å². The van der Waals surface area contributed by atoms with Crippen molar-refractivity contribution in [2.45, 2.75) is 0 Å². The zero-order chi connectivity index (χ0) is 9.97. The number of hydrogen-bond acceptors (Lipinski definition) is 4. The van der Waals surface area contributed by atoms with E-state index in [0.29, 0.717) is 6.54 Å². The number of ether oxygens (including phenoxy) is 2. The summed E-state index contributed by atoms with van der Waals surface area (Å²) in [6, 6.07) is 5.61. The fraction of sp³-hybridized carbons (Fsp3) is 0.300. The van der Waals surface area contributed by atoms with Crippen molar-refractivity contribution in [1.82, 2.24) is 0 Å². The van der Waals surface area contributed by atoms with Crippen LogP contribution in [0.5, 0.6) is 11.5 Å². The number of carbonyl (C=O) groups excluding carboxylic acids is 1. The molecule has 0 radical (unpaired) electrons. The molecule has 1 heterocycles. The van der Waals surface area contributed by atoms with Crippen LogP contribution in [-0.4, -0.2) is 26.7 Å². The van der Waals surface area contributed by atoms with Gasteiger partial charge < -0.3 is 19.2 Å². The minimum Gasteiger partial charge on any atom is -0.454 e. The lowest BCUT2D eigenvalue weighted by atomic mass is 10.2. The van der Waals surface area contributed by atoms with E-state index >= 15 is 0 Å². The van der Waals surface area contributed by atoms with E-state index in [1.54, 1.807) is 0 Å². The van der Waals surface area contributed by atoms with Gasteiger partial charge in [-0.25, -0.2) is 0 Å². The van der Waals surface area contributed by atoms with Crippen LogP contribution in [-0.2, 0) is 4.79 Å². The summed E-state index contributed by atoms with van der Waals surface area (Å²) in [5.41, 5.74) is 0.946. The van der Waals surface area contributed by atoms with E-state index in [1.165, 1.54) is 0 Å². The number of fused-ring (bicyclic) bond motifs is 1. The Labute approximate surface area is 82.0 Å². The first-order valence-electron chi connectivity index (χ1n) is 4.35. The number of rotatable bonds is 3. The van der Waals surface area contributed by atoms with E-state index in [9.17, 15) is 4.79 Å². The Morgan fingerprint density at radius 2 is 2.21 bits per heavy atom. The summed E-state index contributed by atoms with van der Waals surface area (Å²) in [6.45, 7) is 0.649. The zero-order valence-corrected chi connectivity index (χ0v) is 7.90. The summed E-state index contributed by atoms with van der Waals surface area (Å²) in [5.74, 6) is 1.49. The SMILES string of the molecule is CN(CC=O)c1ccc2c(c1)OCO2. The van der Waals surface area contributed by atoms with Crippen LogP contribution in [0.2, 0.25) is 0 Å². The molecule has 1 aromatic carbocycles. The summed E-state index contributed by atoms with van der Waals surface area (Å²) in [7, 11) is 1.85. The summed E-state index contributed by atoms with van der Waals surface area (Å²) in [4.78, 5) is 12.2. The third-order valence-electron chi connectivity index (χ3n) is 2.15. The van der Waals surface area contributed by atoms with Crippen molar-refractivity contribution < 1.29 is 14.3 Å². The van der Waals surface area contributed by atoms with Crippen molar-refractivity contribution in [1.29, 1.82) is 0 Å². The van der Waals surface area contributed by atoms with E-state index in [-0.39, 0.29) is 6.79 Å². The summed E-state index contributed by atoms with van der Waals surface area (Å²) in [5, 5.41) is 0. The number of anilines is 1. The van der Waals surface area contributed by atoms with Crippen molar-refractivity contribution in [3.8, 4) is 11.5 Å². The predicted molar refractivity (Wildman–Crippen MR) is 51.9 cm³/mol. The van der Waals surface area contributed by atoms with Gasteiger partial charge in [-0.3, -0.25) is 0 Å². The number of hydrogen-bond donors (Lipinski definition) is 0. The Kier molecular flexibility index (Phi) is 2.26. The number of nitrogens with zero attached hydrogens (tertiary/aromatic N) is 1. The van der Waals surface area contributed by atoms with Gasteiger partial charge in [0, 0.05) is 18.8 Å². The molecule has 0 spiro atoms. The summed E-state index contributed by atoms with van der Waals surface area (Å²) < 4.78 is 10.4. The van der Waals surface area contributed by atoms with E-state index in [4.69, 9.17) is 9.47 Å². The molecule has 1 aliphatic rings. The molecule has 0 N–H and O–H groups in total. The van der Waals surface area contributed by atoms with Crippen molar-refractivity contribution in [2.24, 2.45) is 0 Å². The lowest BCUT2D eigenvalue weighted by molar-refractivity contribution is -0.106. The molecule has 1 aliphatic heterocycles. The molecule has 0 atom stereocenters. The van der Waals surface area contributed by atoms with E-state index in [0.717, 1.165) is 23.5 Å². The normalized spacial score (nSPS) is 12.6. The van der Waals surface area contributed by atoms with Crippen LogP contribution in [0.1, 0.15) is 0 Å². The molecule has 14 heavy (non-hydrogen) atoms. The van der Waals surface area contributed by atoms with Gasteiger partial charge in [0.1, 0.15) is 6.29 Å². The second kappa shape index (κ2) is 3.57. The molecular formula is C10H11NO3. The number of carbonyl (C=O) groups is 1. The van der Waals surface area contributed by atoms with Gasteiger partial charge >= 0.3 is 0 Å². The first-order chi connectivity index (χ1) is 6.81. The smallest absolute Gasteiger partial charge is 0.231 e. The Morgan fingerprint density at radius 1 is 1.43 bits per heavy atom.